The fourth-order valence-electron chi connectivity index (χ4n) is 2.74. The van der Waals surface area contributed by atoms with Gasteiger partial charge in [0.25, 0.3) is 5.91 Å². The van der Waals surface area contributed by atoms with E-state index in [9.17, 15) is 9.59 Å². The summed E-state index contributed by atoms with van der Waals surface area (Å²) in [5.74, 6) is 0.429. The fourth-order valence-corrected chi connectivity index (χ4v) is 2.74. The van der Waals surface area contributed by atoms with Crippen LogP contribution in [0.4, 0.5) is 11.5 Å². The number of ether oxygens (including phenoxy) is 1. The van der Waals surface area contributed by atoms with Crippen molar-refractivity contribution in [3.8, 4) is 5.75 Å². The molecule has 0 spiro atoms. The van der Waals surface area contributed by atoms with Gasteiger partial charge in [-0.3, -0.25) is 9.59 Å². The predicted octanol–water partition coefficient (Wildman–Crippen LogP) is 3.25. The number of nitrogens with two attached hydrogens (primary N) is 1. The highest BCUT2D eigenvalue weighted by Gasteiger charge is 2.13. The molecule has 0 unspecified atom stereocenters. The summed E-state index contributed by atoms with van der Waals surface area (Å²) in [5, 5.41) is 6.00. The van der Waals surface area contributed by atoms with E-state index in [1.165, 1.54) is 0 Å². The van der Waals surface area contributed by atoms with Crippen molar-refractivity contribution in [2.75, 3.05) is 11.9 Å². The van der Waals surface area contributed by atoms with Gasteiger partial charge < -0.3 is 21.1 Å². The van der Waals surface area contributed by atoms with Crippen LogP contribution in [0.3, 0.4) is 0 Å². The Kier molecular flexibility index (Phi) is 6.42. The molecule has 0 atom stereocenters. The van der Waals surface area contributed by atoms with Crippen LogP contribution in [-0.4, -0.2) is 23.4 Å². The molecule has 7 heteroatoms. The van der Waals surface area contributed by atoms with E-state index in [4.69, 9.17) is 10.5 Å². The van der Waals surface area contributed by atoms with Crippen LogP contribution in [0.15, 0.2) is 66.9 Å². The van der Waals surface area contributed by atoms with Crippen LogP contribution < -0.4 is 21.1 Å². The lowest BCUT2D eigenvalue weighted by atomic mass is 10.1. The number of carbonyl (C=O) groups excluding carboxylic acids is 2. The summed E-state index contributed by atoms with van der Waals surface area (Å²) in [5.41, 5.74) is 7.67. The second-order valence-electron chi connectivity index (χ2n) is 6.23. The molecule has 0 aliphatic carbocycles. The van der Waals surface area contributed by atoms with E-state index >= 15 is 0 Å². The van der Waals surface area contributed by atoms with Crippen molar-refractivity contribution in [1.82, 2.24) is 10.3 Å². The van der Waals surface area contributed by atoms with Crippen LogP contribution in [0.2, 0.25) is 0 Å². The van der Waals surface area contributed by atoms with Gasteiger partial charge in [0.1, 0.15) is 11.6 Å². The van der Waals surface area contributed by atoms with Crippen molar-refractivity contribution in [2.24, 2.45) is 5.73 Å². The van der Waals surface area contributed by atoms with E-state index in [2.05, 4.69) is 15.6 Å². The molecule has 4 N–H and O–H groups in total. The smallest absolute Gasteiger partial charge is 0.255 e. The molecule has 2 amide bonds. The Morgan fingerprint density at radius 2 is 1.86 bits per heavy atom. The van der Waals surface area contributed by atoms with Gasteiger partial charge in [-0.2, -0.15) is 0 Å². The summed E-state index contributed by atoms with van der Waals surface area (Å²) >= 11 is 0. The third-order valence-corrected chi connectivity index (χ3v) is 4.14. The quantitative estimate of drug-likeness (QED) is 0.547. The standard InChI is InChI=1S/C22H22N4O3/c1-2-29-18-10-8-17(9-11-18)26-21-19(7-4-12-24-21)22(28)25-14-15-5-3-6-16(13-15)20(23)27/h3-13H,2,14H2,1H3,(H2,23,27)(H,24,26)(H,25,28). The number of amides is 2. The SMILES string of the molecule is CCOc1ccc(Nc2ncccc2C(=O)NCc2cccc(C(N)=O)c2)cc1. The third kappa shape index (κ3) is 5.32. The van der Waals surface area contributed by atoms with E-state index in [0.717, 1.165) is 17.0 Å². The lowest BCUT2D eigenvalue weighted by Gasteiger charge is -2.12. The number of pyridine rings is 1. The van der Waals surface area contributed by atoms with Gasteiger partial charge in [0.2, 0.25) is 5.91 Å². The predicted molar refractivity (Wildman–Crippen MR) is 111 cm³/mol. The molecule has 0 saturated heterocycles. The molecule has 29 heavy (non-hydrogen) atoms. The highest BCUT2D eigenvalue weighted by atomic mass is 16.5. The van der Waals surface area contributed by atoms with Crippen molar-refractivity contribution in [1.29, 1.82) is 0 Å². The number of benzene rings is 2. The van der Waals surface area contributed by atoms with Gasteiger partial charge >= 0.3 is 0 Å². The molecule has 148 valence electrons. The average Bonchev–Trinajstić information content (AvgIpc) is 2.74. The Hall–Kier alpha value is -3.87. The molecule has 1 heterocycles. The first-order valence-corrected chi connectivity index (χ1v) is 9.18. The molecule has 1 aromatic heterocycles. The van der Waals surface area contributed by atoms with Gasteiger partial charge in [-0.15, -0.1) is 0 Å². The van der Waals surface area contributed by atoms with Gasteiger partial charge in [-0.1, -0.05) is 12.1 Å². The first-order chi connectivity index (χ1) is 14.1. The Morgan fingerprint density at radius 1 is 1.07 bits per heavy atom. The number of carbonyl (C=O) groups is 2. The third-order valence-electron chi connectivity index (χ3n) is 4.14. The first-order valence-electron chi connectivity index (χ1n) is 9.18. The van der Waals surface area contributed by atoms with Crippen molar-refractivity contribution in [3.63, 3.8) is 0 Å². The molecular formula is C22H22N4O3. The summed E-state index contributed by atoms with van der Waals surface area (Å²) in [7, 11) is 0. The van der Waals surface area contributed by atoms with Gasteiger partial charge in [0.15, 0.2) is 0 Å². The van der Waals surface area contributed by atoms with Crippen LogP contribution in [0, 0.1) is 0 Å². The van der Waals surface area contributed by atoms with E-state index in [1.807, 2.05) is 37.3 Å². The van der Waals surface area contributed by atoms with E-state index < -0.39 is 5.91 Å². The zero-order chi connectivity index (χ0) is 20.6. The molecule has 0 saturated carbocycles. The number of aromatic nitrogens is 1. The summed E-state index contributed by atoms with van der Waals surface area (Å²) in [6.07, 6.45) is 1.62. The Balaban J connectivity index is 1.70. The molecule has 0 aliphatic rings. The number of hydrogen-bond acceptors (Lipinski definition) is 5. The van der Waals surface area contributed by atoms with Crippen molar-refractivity contribution < 1.29 is 14.3 Å². The second-order valence-corrected chi connectivity index (χ2v) is 6.23. The van der Waals surface area contributed by atoms with E-state index in [1.54, 1.807) is 36.5 Å². The highest BCUT2D eigenvalue weighted by molar-refractivity contribution is 5.99. The molecular weight excluding hydrogens is 368 g/mol. The van der Waals surface area contributed by atoms with Crippen LogP contribution in [0.25, 0.3) is 0 Å². The van der Waals surface area contributed by atoms with Gasteiger partial charge in [-0.25, -0.2) is 4.98 Å². The molecule has 7 nitrogen and oxygen atoms in total. The molecule has 0 bridgehead atoms. The largest absolute Gasteiger partial charge is 0.494 e. The van der Waals surface area contributed by atoms with Crippen molar-refractivity contribution in [2.45, 2.75) is 13.5 Å². The fraction of sp³-hybridized carbons (Fsp3) is 0.136. The Labute approximate surface area is 168 Å². The molecule has 3 aromatic rings. The number of primary amides is 1. The molecule has 0 radical (unpaired) electrons. The molecule has 0 fully saturated rings. The maximum atomic E-state index is 12.7. The molecule has 0 aliphatic heterocycles. The van der Waals surface area contributed by atoms with E-state index in [-0.39, 0.29) is 12.5 Å². The number of anilines is 2. The van der Waals surface area contributed by atoms with Gasteiger partial charge in [0.05, 0.1) is 12.2 Å². The minimum atomic E-state index is -0.507. The van der Waals surface area contributed by atoms with Gasteiger partial charge in [-0.05, 0) is 61.0 Å². The minimum Gasteiger partial charge on any atom is -0.494 e. The highest BCUT2D eigenvalue weighted by Crippen LogP contribution is 2.21. The lowest BCUT2D eigenvalue weighted by molar-refractivity contribution is 0.0950. The number of rotatable bonds is 8. The Bertz CT molecular complexity index is 1000. The number of nitrogens with one attached hydrogen (secondary N) is 2. The Morgan fingerprint density at radius 3 is 2.59 bits per heavy atom. The second kappa shape index (κ2) is 9.36. The zero-order valence-corrected chi connectivity index (χ0v) is 16.0. The first kappa shape index (κ1) is 19.9. The molecule has 2 aromatic carbocycles. The zero-order valence-electron chi connectivity index (χ0n) is 16.0. The molecule has 3 rings (SSSR count). The summed E-state index contributed by atoms with van der Waals surface area (Å²) < 4.78 is 5.43. The topological polar surface area (TPSA) is 106 Å². The summed E-state index contributed by atoms with van der Waals surface area (Å²) in [4.78, 5) is 28.3. The van der Waals surface area contributed by atoms with Gasteiger partial charge in [0, 0.05) is 24.0 Å². The summed E-state index contributed by atoms with van der Waals surface area (Å²) in [6, 6.07) is 17.6. The van der Waals surface area contributed by atoms with E-state index in [0.29, 0.717) is 23.6 Å². The summed E-state index contributed by atoms with van der Waals surface area (Å²) in [6.45, 7) is 2.78. The maximum absolute atomic E-state index is 12.7. The van der Waals surface area contributed by atoms with Crippen molar-refractivity contribution >= 4 is 23.3 Å². The van der Waals surface area contributed by atoms with Crippen LogP contribution in [-0.2, 0) is 6.54 Å². The van der Waals surface area contributed by atoms with Crippen LogP contribution >= 0.6 is 0 Å². The number of hydrogen-bond donors (Lipinski definition) is 3. The lowest BCUT2D eigenvalue weighted by Crippen LogP contribution is -2.24. The van der Waals surface area contributed by atoms with Crippen molar-refractivity contribution in [3.05, 3.63) is 83.6 Å². The van der Waals surface area contributed by atoms with Crippen LogP contribution in [0.1, 0.15) is 33.2 Å². The minimum absolute atomic E-state index is 0.261. The maximum Gasteiger partial charge on any atom is 0.255 e. The number of nitrogens with zero attached hydrogens (tertiary/aromatic N) is 1. The monoisotopic (exact) mass is 390 g/mol. The normalized spacial score (nSPS) is 10.2. The van der Waals surface area contributed by atoms with Crippen LogP contribution in [0.5, 0.6) is 5.75 Å². The average molecular weight is 390 g/mol.